The quantitative estimate of drug-likeness (QED) is 0.538. The molecule has 3 rings (SSSR count). The summed E-state index contributed by atoms with van der Waals surface area (Å²) in [6.45, 7) is 3.96. The molecule has 0 unspecified atom stereocenters. The van der Waals surface area contributed by atoms with Gasteiger partial charge in [0.1, 0.15) is 17.9 Å². The fourth-order valence-electron chi connectivity index (χ4n) is 3.44. The van der Waals surface area contributed by atoms with Crippen LogP contribution in [0.2, 0.25) is 0 Å². The first-order valence-electron chi connectivity index (χ1n) is 9.82. The first kappa shape index (κ1) is 21.5. The molecule has 10 heteroatoms. The molecule has 1 aromatic carbocycles. The standard InChI is InChI=1S/C20H25FN4O5/c1-3-20(2)18(28)25(19(29)22-20)12-17(27)30-13-16(26)24-10-8-23(9-11-24)15-7-5-4-6-14(15)21/h4-7H,3,8-13H2,1-2H3,(H,22,29)/t20-/m0/s1. The van der Waals surface area contributed by atoms with E-state index in [9.17, 15) is 23.6 Å². The smallest absolute Gasteiger partial charge is 0.326 e. The van der Waals surface area contributed by atoms with Crippen LogP contribution in [0.5, 0.6) is 0 Å². The molecule has 2 aliphatic rings. The zero-order chi connectivity index (χ0) is 21.9. The van der Waals surface area contributed by atoms with Gasteiger partial charge in [-0.15, -0.1) is 0 Å². The zero-order valence-electron chi connectivity index (χ0n) is 17.0. The number of benzene rings is 1. The SMILES string of the molecule is CC[C@]1(C)NC(=O)N(CC(=O)OCC(=O)N2CCN(c3ccccc3F)CC2)C1=O. The molecule has 2 heterocycles. The molecule has 162 valence electrons. The largest absolute Gasteiger partial charge is 0.454 e. The molecule has 0 aliphatic carbocycles. The summed E-state index contributed by atoms with van der Waals surface area (Å²) < 4.78 is 18.9. The maximum atomic E-state index is 13.9. The molecule has 2 saturated heterocycles. The number of amides is 4. The van der Waals surface area contributed by atoms with E-state index < -0.39 is 36.6 Å². The number of nitrogens with one attached hydrogen (secondary N) is 1. The van der Waals surface area contributed by atoms with Crippen LogP contribution in [0.4, 0.5) is 14.9 Å². The minimum atomic E-state index is -1.04. The highest BCUT2D eigenvalue weighted by Crippen LogP contribution is 2.21. The molecule has 30 heavy (non-hydrogen) atoms. The van der Waals surface area contributed by atoms with Gasteiger partial charge in [0.05, 0.1) is 5.69 Å². The van der Waals surface area contributed by atoms with Gasteiger partial charge in [0.15, 0.2) is 6.61 Å². The van der Waals surface area contributed by atoms with E-state index in [1.807, 2.05) is 4.90 Å². The van der Waals surface area contributed by atoms with E-state index in [1.165, 1.54) is 11.0 Å². The number of piperazine rings is 1. The third kappa shape index (κ3) is 4.37. The summed E-state index contributed by atoms with van der Waals surface area (Å²) in [6, 6.07) is 5.80. The van der Waals surface area contributed by atoms with Crippen molar-refractivity contribution in [1.29, 1.82) is 0 Å². The number of hydrogen-bond acceptors (Lipinski definition) is 6. The van der Waals surface area contributed by atoms with E-state index in [2.05, 4.69) is 5.32 Å². The Morgan fingerprint density at radius 2 is 1.83 bits per heavy atom. The molecule has 0 bridgehead atoms. The van der Waals surface area contributed by atoms with E-state index in [4.69, 9.17) is 4.74 Å². The Labute approximate surface area is 173 Å². The van der Waals surface area contributed by atoms with Crippen LogP contribution in [0, 0.1) is 5.82 Å². The van der Waals surface area contributed by atoms with Gasteiger partial charge < -0.3 is 19.9 Å². The van der Waals surface area contributed by atoms with Crippen molar-refractivity contribution in [3.63, 3.8) is 0 Å². The number of rotatable bonds is 6. The average molecular weight is 420 g/mol. The van der Waals surface area contributed by atoms with Crippen molar-refractivity contribution in [2.45, 2.75) is 25.8 Å². The number of ether oxygens (including phenoxy) is 1. The van der Waals surface area contributed by atoms with Crippen molar-refractivity contribution in [3.8, 4) is 0 Å². The van der Waals surface area contributed by atoms with Crippen molar-refractivity contribution in [3.05, 3.63) is 30.1 Å². The maximum absolute atomic E-state index is 13.9. The topological polar surface area (TPSA) is 99.3 Å². The highest BCUT2D eigenvalue weighted by Gasteiger charge is 2.47. The molecular formula is C20H25FN4O5. The minimum Gasteiger partial charge on any atom is -0.454 e. The summed E-state index contributed by atoms with van der Waals surface area (Å²) in [4.78, 5) is 52.8. The molecule has 1 atom stereocenters. The number of imide groups is 1. The fourth-order valence-corrected chi connectivity index (χ4v) is 3.44. The second-order valence-electron chi connectivity index (χ2n) is 7.49. The molecule has 0 radical (unpaired) electrons. The van der Waals surface area contributed by atoms with Crippen LogP contribution >= 0.6 is 0 Å². The normalized spacial score (nSPS) is 21.6. The number of halogens is 1. The van der Waals surface area contributed by atoms with Gasteiger partial charge in [0, 0.05) is 26.2 Å². The van der Waals surface area contributed by atoms with E-state index >= 15 is 0 Å². The molecule has 0 saturated carbocycles. The number of carbonyl (C=O) groups is 4. The number of carbonyl (C=O) groups excluding carboxylic acids is 4. The lowest BCUT2D eigenvalue weighted by Crippen LogP contribution is -2.50. The van der Waals surface area contributed by atoms with E-state index in [1.54, 1.807) is 32.0 Å². The van der Waals surface area contributed by atoms with Gasteiger partial charge in [0.25, 0.3) is 11.8 Å². The number of hydrogen-bond donors (Lipinski definition) is 1. The molecule has 9 nitrogen and oxygen atoms in total. The van der Waals surface area contributed by atoms with Crippen LogP contribution in [-0.4, -0.2) is 78.5 Å². The van der Waals surface area contributed by atoms with Crippen molar-refractivity contribution in [2.75, 3.05) is 44.2 Å². The van der Waals surface area contributed by atoms with Crippen LogP contribution in [0.3, 0.4) is 0 Å². The van der Waals surface area contributed by atoms with Gasteiger partial charge in [-0.1, -0.05) is 19.1 Å². The van der Waals surface area contributed by atoms with Crippen LogP contribution in [0.15, 0.2) is 24.3 Å². The summed E-state index contributed by atoms with van der Waals surface area (Å²) in [6.07, 6.45) is 0.389. The first-order chi connectivity index (χ1) is 14.2. The Hall–Kier alpha value is -3.17. The summed E-state index contributed by atoms with van der Waals surface area (Å²) in [5.41, 5.74) is -0.547. The Balaban J connectivity index is 1.45. The molecule has 4 amide bonds. The molecule has 1 aromatic rings. The fraction of sp³-hybridized carbons (Fsp3) is 0.500. The number of nitrogens with zero attached hydrogens (tertiary/aromatic N) is 3. The summed E-state index contributed by atoms with van der Waals surface area (Å²) in [5.74, 6) is -2.03. The molecule has 0 aromatic heterocycles. The highest BCUT2D eigenvalue weighted by atomic mass is 19.1. The van der Waals surface area contributed by atoms with Gasteiger partial charge in [-0.05, 0) is 25.5 Å². The number of para-hydroxylation sites is 1. The second-order valence-corrected chi connectivity index (χ2v) is 7.49. The second kappa shape index (κ2) is 8.68. The third-order valence-corrected chi connectivity index (χ3v) is 5.52. The van der Waals surface area contributed by atoms with Crippen molar-refractivity contribution in [1.82, 2.24) is 15.1 Å². The monoisotopic (exact) mass is 420 g/mol. The Kier molecular flexibility index (Phi) is 6.23. The van der Waals surface area contributed by atoms with Crippen molar-refractivity contribution >= 4 is 29.5 Å². The van der Waals surface area contributed by atoms with Gasteiger partial charge in [0.2, 0.25) is 0 Å². The minimum absolute atomic E-state index is 0.314. The van der Waals surface area contributed by atoms with Gasteiger partial charge in [-0.25, -0.2) is 9.18 Å². The van der Waals surface area contributed by atoms with E-state index in [0.717, 1.165) is 4.90 Å². The Morgan fingerprint density at radius 1 is 1.17 bits per heavy atom. The van der Waals surface area contributed by atoms with Crippen LogP contribution in [-0.2, 0) is 19.1 Å². The van der Waals surface area contributed by atoms with Crippen molar-refractivity contribution in [2.24, 2.45) is 0 Å². The predicted octanol–water partition coefficient (Wildman–Crippen LogP) is 0.738. The molecule has 0 spiro atoms. The molecule has 2 fully saturated rings. The van der Waals surface area contributed by atoms with E-state index in [-0.39, 0.29) is 11.7 Å². The van der Waals surface area contributed by atoms with Gasteiger partial charge >= 0.3 is 12.0 Å². The Bertz CT molecular complexity index is 855. The molecular weight excluding hydrogens is 395 g/mol. The molecule has 2 aliphatic heterocycles. The number of urea groups is 1. The zero-order valence-corrected chi connectivity index (χ0v) is 17.0. The van der Waals surface area contributed by atoms with Crippen LogP contribution in [0.25, 0.3) is 0 Å². The summed E-state index contributed by atoms with van der Waals surface area (Å²) in [7, 11) is 0. The highest BCUT2D eigenvalue weighted by molar-refractivity contribution is 6.08. The Morgan fingerprint density at radius 3 is 2.43 bits per heavy atom. The van der Waals surface area contributed by atoms with Crippen molar-refractivity contribution < 1.29 is 28.3 Å². The predicted molar refractivity (Wildman–Crippen MR) is 105 cm³/mol. The summed E-state index contributed by atoms with van der Waals surface area (Å²) >= 11 is 0. The van der Waals surface area contributed by atoms with Crippen LogP contribution in [0.1, 0.15) is 20.3 Å². The lowest BCUT2D eigenvalue weighted by molar-refractivity contribution is -0.153. The third-order valence-electron chi connectivity index (χ3n) is 5.52. The van der Waals surface area contributed by atoms with Gasteiger partial charge in [-0.3, -0.25) is 19.3 Å². The first-order valence-corrected chi connectivity index (χ1v) is 9.82. The lowest BCUT2D eigenvalue weighted by Gasteiger charge is -2.36. The summed E-state index contributed by atoms with van der Waals surface area (Å²) in [5, 5.41) is 2.55. The van der Waals surface area contributed by atoms with Crippen LogP contribution < -0.4 is 10.2 Å². The number of esters is 1. The lowest BCUT2D eigenvalue weighted by atomic mass is 9.99. The maximum Gasteiger partial charge on any atom is 0.326 e. The average Bonchev–Trinajstić information content (AvgIpc) is 2.96. The van der Waals surface area contributed by atoms with Gasteiger partial charge in [-0.2, -0.15) is 0 Å². The van der Waals surface area contributed by atoms with E-state index in [0.29, 0.717) is 38.3 Å². The number of anilines is 1. The molecule has 1 N–H and O–H groups in total.